The number of carbonyl (C=O) groups excluding carboxylic acids is 2. The SMILES string of the molecule is COC(=O)C(C)(C)CC(C)C(=O)Oc1cc(C)nc(C)c1. The molecule has 1 atom stereocenters. The fourth-order valence-electron chi connectivity index (χ4n) is 2.28. The van der Waals surface area contributed by atoms with E-state index in [1.165, 1.54) is 7.11 Å². The lowest BCUT2D eigenvalue weighted by Gasteiger charge is -2.24. The van der Waals surface area contributed by atoms with Crippen LogP contribution < -0.4 is 4.74 Å². The second kappa shape index (κ2) is 6.70. The van der Waals surface area contributed by atoms with Crippen molar-refractivity contribution in [3.05, 3.63) is 23.5 Å². The van der Waals surface area contributed by atoms with Crippen LogP contribution in [0.25, 0.3) is 0 Å². The Hall–Kier alpha value is -1.91. The number of pyridine rings is 1. The van der Waals surface area contributed by atoms with Crippen LogP contribution in [0.5, 0.6) is 5.75 Å². The predicted octanol–water partition coefficient (Wildman–Crippen LogP) is 2.83. The molecule has 0 fully saturated rings. The highest BCUT2D eigenvalue weighted by molar-refractivity contribution is 5.79. The van der Waals surface area contributed by atoms with Gasteiger partial charge >= 0.3 is 11.9 Å². The monoisotopic (exact) mass is 293 g/mol. The number of aromatic nitrogens is 1. The summed E-state index contributed by atoms with van der Waals surface area (Å²) in [6, 6.07) is 3.42. The number of carbonyl (C=O) groups is 2. The number of aryl methyl sites for hydroxylation is 2. The van der Waals surface area contributed by atoms with Crippen LogP contribution in [-0.4, -0.2) is 24.0 Å². The van der Waals surface area contributed by atoms with Gasteiger partial charge in [0, 0.05) is 23.5 Å². The molecular weight excluding hydrogens is 270 g/mol. The van der Waals surface area contributed by atoms with Gasteiger partial charge in [-0.25, -0.2) is 0 Å². The molecule has 21 heavy (non-hydrogen) atoms. The number of methoxy groups -OCH3 is 1. The normalized spacial score (nSPS) is 12.7. The summed E-state index contributed by atoms with van der Waals surface area (Å²) in [6.45, 7) is 8.93. The number of hydrogen-bond donors (Lipinski definition) is 0. The van der Waals surface area contributed by atoms with E-state index in [1.54, 1.807) is 32.9 Å². The molecule has 0 aliphatic carbocycles. The van der Waals surface area contributed by atoms with Crippen molar-refractivity contribution < 1.29 is 19.1 Å². The number of nitrogens with zero attached hydrogens (tertiary/aromatic N) is 1. The molecule has 1 aromatic rings. The molecule has 116 valence electrons. The summed E-state index contributed by atoms with van der Waals surface area (Å²) in [4.78, 5) is 28.0. The zero-order chi connectivity index (χ0) is 16.2. The van der Waals surface area contributed by atoms with Gasteiger partial charge in [0.2, 0.25) is 0 Å². The molecule has 0 aromatic carbocycles. The third-order valence-electron chi connectivity index (χ3n) is 3.23. The Bertz CT molecular complexity index is 517. The average molecular weight is 293 g/mol. The molecule has 1 aromatic heterocycles. The van der Waals surface area contributed by atoms with Gasteiger partial charge in [0.15, 0.2) is 0 Å². The maximum absolute atomic E-state index is 12.1. The first kappa shape index (κ1) is 17.1. The largest absolute Gasteiger partial charge is 0.469 e. The summed E-state index contributed by atoms with van der Waals surface area (Å²) in [5.74, 6) is -0.629. The lowest BCUT2D eigenvalue weighted by atomic mass is 9.83. The second-order valence-corrected chi connectivity index (χ2v) is 5.99. The van der Waals surface area contributed by atoms with E-state index in [0.29, 0.717) is 12.2 Å². The molecule has 0 amide bonds. The van der Waals surface area contributed by atoms with Crippen molar-refractivity contribution in [2.45, 2.75) is 41.0 Å². The highest BCUT2D eigenvalue weighted by atomic mass is 16.5. The van der Waals surface area contributed by atoms with Crippen LogP contribution in [0.15, 0.2) is 12.1 Å². The van der Waals surface area contributed by atoms with Crippen molar-refractivity contribution in [3.63, 3.8) is 0 Å². The van der Waals surface area contributed by atoms with Crippen LogP contribution in [-0.2, 0) is 14.3 Å². The van der Waals surface area contributed by atoms with E-state index in [2.05, 4.69) is 4.98 Å². The van der Waals surface area contributed by atoms with Gasteiger partial charge in [-0.15, -0.1) is 0 Å². The van der Waals surface area contributed by atoms with Crippen molar-refractivity contribution in [2.75, 3.05) is 7.11 Å². The standard InChI is InChI=1S/C16H23NO4/c1-10(9-16(4,5)15(19)20-6)14(18)21-13-7-11(2)17-12(3)8-13/h7-8,10H,9H2,1-6H3. The number of esters is 2. The molecule has 0 radical (unpaired) electrons. The smallest absolute Gasteiger partial charge is 0.314 e. The predicted molar refractivity (Wildman–Crippen MR) is 78.9 cm³/mol. The zero-order valence-electron chi connectivity index (χ0n) is 13.5. The molecule has 0 N–H and O–H groups in total. The van der Waals surface area contributed by atoms with Crippen LogP contribution >= 0.6 is 0 Å². The van der Waals surface area contributed by atoms with Gasteiger partial charge in [0.05, 0.1) is 18.4 Å². The molecule has 0 bridgehead atoms. The summed E-state index contributed by atoms with van der Waals surface area (Å²) >= 11 is 0. The average Bonchev–Trinajstić information content (AvgIpc) is 2.35. The van der Waals surface area contributed by atoms with Gasteiger partial charge in [-0.3, -0.25) is 14.6 Å². The number of ether oxygens (including phenoxy) is 2. The molecule has 1 heterocycles. The highest BCUT2D eigenvalue weighted by Gasteiger charge is 2.33. The van der Waals surface area contributed by atoms with Crippen molar-refractivity contribution in [1.29, 1.82) is 0 Å². The number of rotatable bonds is 5. The van der Waals surface area contributed by atoms with E-state index in [4.69, 9.17) is 9.47 Å². The molecule has 0 spiro atoms. The highest BCUT2D eigenvalue weighted by Crippen LogP contribution is 2.28. The van der Waals surface area contributed by atoms with E-state index in [9.17, 15) is 9.59 Å². The lowest BCUT2D eigenvalue weighted by Crippen LogP contribution is -2.31. The lowest BCUT2D eigenvalue weighted by molar-refractivity contribution is -0.153. The minimum Gasteiger partial charge on any atom is -0.469 e. The second-order valence-electron chi connectivity index (χ2n) is 5.99. The van der Waals surface area contributed by atoms with E-state index in [-0.39, 0.29) is 11.9 Å². The van der Waals surface area contributed by atoms with Gasteiger partial charge in [0.25, 0.3) is 0 Å². The van der Waals surface area contributed by atoms with Gasteiger partial charge in [-0.1, -0.05) is 6.92 Å². The first-order valence-electron chi connectivity index (χ1n) is 6.91. The molecule has 5 heteroatoms. The van der Waals surface area contributed by atoms with Crippen LogP contribution in [0.3, 0.4) is 0 Å². The van der Waals surface area contributed by atoms with Crippen LogP contribution in [0.1, 0.15) is 38.6 Å². The fourth-order valence-corrected chi connectivity index (χ4v) is 2.28. The molecule has 0 saturated carbocycles. The van der Waals surface area contributed by atoms with Crippen molar-refractivity contribution in [1.82, 2.24) is 4.98 Å². The Kier molecular flexibility index (Phi) is 5.47. The molecule has 0 aliphatic heterocycles. The summed E-state index contributed by atoms with van der Waals surface area (Å²) in [6.07, 6.45) is 0.363. The Balaban J connectivity index is 2.73. The summed E-state index contributed by atoms with van der Waals surface area (Å²) < 4.78 is 10.1. The number of hydrogen-bond acceptors (Lipinski definition) is 5. The van der Waals surface area contributed by atoms with Crippen molar-refractivity contribution >= 4 is 11.9 Å². The van der Waals surface area contributed by atoms with E-state index >= 15 is 0 Å². The zero-order valence-corrected chi connectivity index (χ0v) is 13.5. The Labute approximate surface area is 125 Å². The van der Waals surface area contributed by atoms with E-state index < -0.39 is 11.3 Å². The van der Waals surface area contributed by atoms with Gasteiger partial charge < -0.3 is 9.47 Å². The summed E-state index contributed by atoms with van der Waals surface area (Å²) in [7, 11) is 1.34. The maximum Gasteiger partial charge on any atom is 0.314 e. The quantitative estimate of drug-likeness (QED) is 0.781. The minimum atomic E-state index is -0.725. The molecule has 1 unspecified atom stereocenters. The third-order valence-corrected chi connectivity index (χ3v) is 3.23. The van der Waals surface area contributed by atoms with E-state index in [0.717, 1.165) is 11.4 Å². The minimum absolute atomic E-state index is 0.335. The summed E-state index contributed by atoms with van der Waals surface area (Å²) in [5.41, 5.74) is 0.859. The molecule has 0 saturated heterocycles. The fraction of sp³-hybridized carbons (Fsp3) is 0.562. The van der Waals surface area contributed by atoms with Crippen LogP contribution in [0.2, 0.25) is 0 Å². The molecular formula is C16H23NO4. The molecule has 0 aliphatic rings. The maximum atomic E-state index is 12.1. The van der Waals surface area contributed by atoms with Crippen LogP contribution in [0.4, 0.5) is 0 Å². The Morgan fingerprint density at radius 3 is 2.24 bits per heavy atom. The topological polar surface area (TPSA) is 65.5 Å². The molecule has 1 rings (SSSR count). The van der Waals surface area contributed by atoms with Crippen molar-refractivity contribution in [2.24, 2.45) is 11.3 Å². The van der Waals surface area contributed by atoms with Gasteiger partial charge in [0.1, 0.15) is 5.75 Å². The Morgan fingerprint density at radius 2 is 1.76 bits per heavy atom. The first-order valence-corrected chi connectivity index (χ1v) is 6.91. The first-order chi connectivity index (χ1) is 9.65. The van der Waals surface area contributed by atoms with Gasteiger partial charge in [-0.2, -0.15) is 0 Å². The molecule has 5 nitrogen and oxygen atoms in total. The summed E-state index contributed by atoms with van der Waals surface area (Å²) in [5, 5.41) is 0. The van der Waals surface area contributed by atoms with E-state index in [1.807, 2.05) is 13.8 Å². The van der Waals surface area contributed by atoms with Crippen LogP contribution in [0, 0.1) is 25.2 Å². The third kappa shape index (κ3) is 4.85. The van der Waals surface area contributed by atoms with Gasteiger partial charge in [-0.05, 0) is 34.1 Å². The Morgan fingerprint density at radius 1 is 1.24 bits per heavy atom. The van der Waals surface area contributed by atoms with Crippen molar-refractivity contribution in [3.8, 4) is 5.75 Å².